The molecule has 1 heterocycles. The fraction of sp³-hybridized carbons (Fsp3) is 0.800. The molecule has 0 bridgehead atoms. The van der Waals surface area contributed by atoms with Crippen LogP contribution in [-0.2, 0) is 4.79 Å². The fourth-order valence-electron chi connectivity index (χ4n) is 3.31. The van der Waals surface area contributed by atoms with Crippen LogP contribution in [0.4, 0.5) is 5.95 Å². The molecule has 0 aromatic carbocycles. The number of carbonyl (C=O) groups is 1. The van der Waals surface area contributed by atoms with E-state index in [9.17, 15) is 4.79 Å². The smallest absolute Gasteiger partial charge is 0.231 e. The summed E-state index contributed by atoms with van der Waals surface area (Å²) in [5.74, 6) is 2.41. The van der Waals surface area contributed by atoms with Gasteiger partial charge in [-0.25, -0.2) is 0 Å². The maximum Gasteiger partial charge on any atom is 0.231 e. The van der Waals surface area contributed by atoms with Crippen LogP contribution in [-0.4, -0.2) is 20.7 Å². The van der Waals surface area contributed by atoms with Crippen molar-refractivity contribution in [3.63, 3.8) is 0 Å². The number of nitrogens with zero attached hydrogens (tertiary/aromatic N) is 3. The predicted octanol–water partition coefficient (Wildman–Crippen LogP) is 3.08. The Kier molecular flexibility index (Phi) is 3.76. The lowest BCUT2D eigenvalue weighted by Gasteiger charge is -2.16. The Morgan fingerprint density at radius 1 is 1.30 bits per heavy atom. The minimum Gasteiger partial charge on any atom is -0.294 e. The molecule has 2 aliphatic carbocycles. The zero-order valence-corrected chi connectivity index (χ0v) is 12.4. The molecule has 3 rings (SSSR count). The summed E-state index contributed by atoms with van der Waals surface area (Å²) < 4.78 is 2.07. The van der Waals surface area contributed by atoms with E-state index in [2.05, 4.69) is 20.1 Å². The molecule has 1 N–H and O–H groups in total. The Bertz CT molecular complexity index is 486. The Balaban J connectivity index is 1.60. The van der Waals surface area contributed by atoms with Gasteiger partial charge in [0, 0.05) is 12.0 Å². The lowest BCUT2D eigenvalue weighted by Crippen LogP contribution is -2.24. The van der Waals surface area contributed by atoms with Crippen LogP contribution in [0.1, 0.15) is 63.7 Å². The summed E-state index contributed by atoms with van der Waals surface area (Å²) >= 11 is 0. The summed E-state index contributed by atoms with van der Waals surface area (Å²) in [6.45, 7) is 3.97. The van der Waals surface area contributed by atoms with Crippen LogP contribution in [0.5, 0.6) is 0 Å². The molecular formula is C15H24N4O. The zero-order chi connectivity index (χ0) is 14.1. The van der Waals surface area contributed by atoms with E-state index < -0.39 is 0 Å². The third-order valence-electron chi connectivity index (χ3n) is 4.62. The Morgan fingerprint density at radius 3 is 2.65 bits per heavy atom. The van der Waals surface area contributed by atoms with E-state index in [0.717, 1.165) is 18.2 Å². The molecular weight excluding hydrogens is 252 g/mol. The van der Waals surface area contributed by atoms with Gasteiger partial charge in [-0.2, -0.15) is 0 Å². The zero-order valence-electron chi connectivity index (χ0n) is 12.4. The van der Waals surface area contributed by atoms with Crippen LogP contribution in [0.2, 0.25) is 0 Å². The number of carbonyl (C=O) groups excluding carboxylic acids is 1. The molecule has 1 atom stereocenters. The molecule has 2 aliphatic rings. The lowest BCUT2D eigenvalue weighted by atomic mass is 9.94. The van der Waals surface area contributed by atoms with Crippen molar-refractivity contribution in [1.29, 1.82) is 0 Å². The van der Waals surface area contributed by atoms with Crippen molar-refractivity contribution in [3.05, 3.63) is 5.82 Å². The highest BCUT2D eigenvalue weighted by molar-refractivity contribution is 5.90. The molecule has 2 saturated carbocycles. The highest BCUT2D eigenvalue weighted by Crippen LogP contribution is 2.38. The molecule has 1 aromatic heterocycles. The number of hydrogen-bond donors (Lipinski definition) is 1. The normalized spacial score (nSPS) is 21.1. The van der Waals surface area contributed by atoms with E-state index in [4.69, 9.17) is 0 Å². The topological polar surface area (TPSA) is 59.8 Å². The lowest BCUT2D eigenvalue weighted by molar-refractivity contribution is -0.119. The molecule has 0 spiro atoms. The number of aryl methyl sites for hydroxylation is 1. The summed E-state index contributed by atoms with van der Waals surface area (Å²) in [6.07, 6.45) is 8.56. The van der Waals surface area contributed by atoms with Crippen LogP contribution in [0, 0.1) is 18.8 Å². The Labute approximate surface area is 120 Å². The van der Waals surface area contributed by atoms with Crippen LogP contribution >= 0.6 is 0 Å². The van der Waals surface area contributed by atoms with Crippen molar-refractivity contribution >= 4 is 11.9 Å². The minimum atomic E-state index is 0.0581. The van der Waals surface area contributed by atoms with Gasteiger partial charge in [0.2, 0.25) is 11.9 Å². The van der Waals surface area contributed by atoms with Crippen molar-refractivity contribution in [2.24, 2.45) is 11.8 Å². The van der Waals surface area contributed by atoms with Gasteiger partial charge in [-0.15, -0.1) is 10.2 Å². The van der Waals surface area contributed by atoms with E-state index in [0.29, 0.717) is 12.0 Å². The highest BCUT2D eigenvalue weighted by Gasteiger charge is 2.29. The summed E-state index contributed by atoms with van der Waals surface area (Å²) in [5, 5.41) is 11.2. The molecule has 2 fully saturated rings. The standard InChI is InChI=1S/C15H24N4O/c1-10(9-12-5-3-4-6-12)14(20)16-15-18-17-11(2)19(15)13-7-8-13/h10,12-13H,3-9H2,1-2H3,(H,16,18,20)/t10-/m0/s1. The fourth-order valence-corrected chi connectivity index (χ4v) is 3.31. The first-order valence-electron chi connectivity index (χ1n) is 7.87. The molecule has 1 aromatic rings. The van der Waals surface area contributed by atoms with Crippen molar-refractivity contribution in [3.8, 4) is 0 Å². The minimum absolute atomic E-state index is 0.0581. The number of nitrogens with one attached hydrogen (secondary N) is 1. The first-order chi connectivity index (χ1) is 9.65. The second-order valence-electron chi connectivity index (χ2n) is 6.45. The second-order valence-corrected chi connectivity index (χ2v) is 6.45. The third-order valence-corrected chi connectivity index (χ3v) is 4.62. The van der Waals surface area contributed by atoms with Gasteiger partial charge >= 0.3 is 0 Å². The maximum absolute atomic E-state index is 12.3. The molecule has 0 saturated heterocycles. The second kappa shape index (κ2) is 5.54. The van der Waals surface area contributed by atoms with Crippen LogP contribution in [0.15, 0.2) is 0 Å². The van der Waals surface area contributed by atoms with Gasteiger partial charge < -0.3 is 0 Å². The van der Waals surface area contributed by atoms with Crippen molar-refractivity contribution in [2.45, 2.75) is 64.8 Å². The Hall–Kier alpha value is -1.39. The first kappa shape index (κ1) is 13.6. The molecule has 20 heavy (non-hydrogen) atoms. The number of rotatable bonds is 5. The molecule has 1 amide bonds. The summed E-state index contributed by atoms with van der Waals surface area (Å²) in [7, 11) is 0. The van der Waals surface area contributed by atoms with Gasteiger partial charge in [-0.1, -0.05) is 32.6 Å². The molecule has 0 aliphatic heterocycles. The molecule has 0 radical (unpaired) electrons. The number of hydrogen-bond acceptors (Lipinski definition) is 3. The molecule has 110 valence electrons. The van der Waals surface area contributed by atoms with Crippen molar-refractivity contribution in [1.82, 2.24) is 14.8 Å². The average Bonchev–Trinajstić information content (AvgIpc) is 3.00. The summed E-state index contributed by atoms with van der Waals surface area (Å²) in [5.41, 5.74) is 0. The number of amides is 1. The van der Waals surface area contributed by atoms with E-state index in [1.54, 1.807) is 0 Å². The summed E-state index contributed by atoms with van der Waals surface area (Å²) in [4.78, 5) is 12.3. The third kappa shape index (κ3) is 2.86. The van der Waals surface area contributed by atoms with E-state index in [-0.39, 0.29) is 11.8 Å². The average molecular weight is 276 g/mol. The first-order valence-corrected chi connectivity index (χ1v) is 7.87. The van der Waals surface area contributed by atoms with E-state index >= 15 is 0 Å². The van der Waals surface area contributed by atoms with E-state index in [1.807, 2.05) is 13.8 Å². The maximum atomic E-state index is 12.3. The number of anilines is 1. The quantitative estimate of drug-likeness (QED) is 0.899. The van der Waals surface area contributed by atoms with Crippen LogP contribution in [0.25, 0.3) is 0 Å². The summed E-state index contributed by atoms with van der Waals surface area (Å²) in [6, 6.07) is 0.491. The van der Waals surface area contributed by atoms with Crippen molar-refractivity contribution in [2.75, 3.05) is 5.32 Å². The van der Waals surface area contributed by atoms with Crippen molar-refractivity contribution < 1.29 is 4.79 Å². The van der Waals surface area contributed by atoms with Gasteiger partial charge in [0.25, 0.3) is 0 Å². The van der Waals surface area contributed by atoms with Gasteiger partial charge in [0.05, 0.1) is 0 Å². The van der Waals surface area contributed by atoms with Crippen LogP contribution < -0.4 is 5.32 Å². The molecule has 5 nitrogen and oxygen atoms in total. The Morgan fingerprint density at radius 2 is 2.00 bits per heavy atom. The SMILES string of the molecule is Cc1nnc(NC(=O)[C@@H](C)CC2CCCC2)n1C1CC1. The van der Waals surface area contributed by atoms with Gasteiger partial charge in [0.1, 0.15) is 5.82 Å². The van der Waals surface area contributed by atoms with E-state index in [1.165, 1.54) is 38.5 Å². The highest BCUT2D eigenvalue weighted by atomic mass is 16.2. The van der Waals surface area contributed by atoms with Gasteiger partial charge in [-0.05, 0) is 32.1 Å². The largest absolute Gasteiger partial charge is 0.294 e. The van der Waals surface area contributed by atoms with Crippen LogP contribution in [0.3, 0.4) is 0 Å². The van der Waals surface area contributed by atoms with Gasteiger partial charge in [-0.3, -0.25) is 14.7 Å². The number of aromatic nitrogens is 3. The van der Waals surface area contributed by atoms with Gasteiger partial charge in [0.15, 0.2) is 0 Å². The molecule has 5 heteroatoms. The molecule has 0 unspecified atom stereocenters. The monoisotopic (exact) mass is 276 g/mol. The predicted molar refractivity (Wildman–Crippen MR) is 77.4 cm³/mol.